The summed E-state index contributed by atoms with van der Waals surface area (Å²) in [4.78, 5) is 11.4. The quantitative estimate of drug-likeness (QED) is 0.291. The molecule has 0 aliphatic rings. The number of allylic oxidation sites excluding steroid dienone is 1. The highest BCUT2D eigenvalue weighted by molar-refractivity contribution is 9.09. The van der Waals surface area contributed by atoms with Crippen molar-refractivity contribution in [3.8, 4) is 0 Å². The number of unbranched alkanes of at least 4 members (excludes halogenated alkanes) is 4. The molecular formula is C12H21BrO2. The molecule has 15 heavy (non-hydrogen) atoms. The normalized spacial score (nSPS) is 11.5. The topological polar surface area (TPSA) is 26.3 Å². The van der Waals surface area contributed by atoms with Crippen molar-refractivity contribution in [2.75, 3.05) is 11.9 Å². The molecule has 88 valence electrons. The second-order valence-corrected chi connectivity index (χ2v) is 3.99. The zero-order chi connectivity index (χ0) is 11.5. The van der Waals surface area contributed by atoms with Crippen molar-refractivity contribution in [1.29, 1.82) is 0 Å². The van der Waals surface area contributed by atoms with Crippen molar-refractivity contribution in [1.82, 2.24) is 0 Å². The lowest BCUT2D eigenvalue weighted by atomic mass is 10.1. The Morgan fingerprint density at radius 2 is 2.00 bits per heavy atom. The lowest BCUT2D eigenvalue weighted by Crippen LogP contribution is -2.08. The Labute approximate surface area is 101 Å². The van der Waals surface area contributed by atoms with Gasteiger partial charge in [-0.1, -0.05) is 48.2 Å². The maximum absolute atomic E-state index is 11.4. The standard InChI is InChI=1S/C12H21BrO2/c1-3-5-6-7-8-9-11(10-13)12(14)15-4-2/h9H,3-8,10H2,1-2H3. The second-order valence-electron chi connectivity index (χ2n) is 3.43. The van der Waals surface area contributed by atoms with Crippen molar-refractivity contribution in [3.05, 3.63) is 11.6 Å². The van der Waals surface area contributed by atoms with E-state index in [4.69, 9.17) is 4.74 Å². The third-order valence-corrected chi connectivity index (χ3v) is 2.73. The van der Waals surface area contributed by atoms with Crippen LogP contribution in [-0.2, 0) is 9.53 Å². The first kappa shape index (κ1) is 14.7. The number of alkyl halides is 1. The number of ether oxygens (including phenoxy) is 1. The first-order valence-corrected chi connectivity index (χ1v) is 6.80. The van der Waals surface area contributed by atoms with Crippen LogP contribution in [0.3, 0.4) is 0 Å². The lowest BCUT2D eigenvalue weighted by molar-refractivity contribution is -0.138. The molecular weight excluding hydrogens is 256 g/mol. The fraction of sp³-hybridized carbons (Fsp3) is 0.750. The van der Waals surface area contributed by atoms with Gasteiger partial charge in [0.2, 0.25) is 0 Å². The highest BCUT2D eigenvalue weighted by Crippen LogP contribution is 2.08. The van der Waals surface area contributed by atoms with Gasteiger partial charge in [-0.25, -0.2) is 4.79 Å². The van der Waals surface area contributed by atoms with E-state index >= 15 is 0 Å². The number of carbonyl (C=O) groups is 1. The highest BCUT2D eigenvalue weighted by Gasteiger charge is 2.07. The van der Waals surface area contributed by atoms with Gasteiger partial charge in [0.15, 0.2) is 0 Å². The molecule has 0 spiro atoms. The predicted molar refractivity (Wildman–Crippen MR) is 67.3 cm³/mol. The fourth-order valence-corrected chi connectivity index (χ4v) is 1.72. The van der Waals surface area contributed by atoms with E-state index in [1.165, 1.54) is 19.3 Å². The molecule has 0 aromatic carbocycles. The molecule has 0 saturated carbocycles. The summed E-state index contributed by atoms with van der Waals surface area (Å²) >= 11 is 3.30. The first-order valence-electron chi connectivity index (χ1n) is 5.68. The number of esters is 1. The summed E-state index contributed by atoms with van der Waals surface area (Å²) in [5.41, 5.74) is 0.744. The molecule has 0 unspecified atom stereocenters. The van der Waals surface area contributed by atoms with Crippen LogP contribution in [0.25, 0.3) is 0 Å². The van der Waals surface area contributed by atoms with Crippen molar-refractivity contribution in [2.45, 2.75) is 46.0 Å². The minimum Gasteiger partial charge on any atom is -0.463 e. The van der Waals surface area contributed by atoms with Gasteiger partial charge in [0, 0.05) is 10.9 Å². The van der Waals surface area contributed by atoms with Gasteiger partial charge in [0.05, 0.1) is 6.61 Å². The SMILES string of the molecule is CCCCCCC=C(CBr)C(=O)OCC. The monoisotopic (exact) mass is 276 g/mol. The number of halogens is 1. The van der Waals surface area contributed by atoms with E-state index in [2.05, 4.69) is 22.9 Å². The summed E-state index contributed by atoms with van der Waals surface area (Å²) in [7, 11) is 0. The van der Waals surface area contributed by atoms with Crippen molar-refractivity contribution in [2.24, 2.45) is 0 Å². The van der Waals surface area contributed by atoms with E-state index in [1.807, 2.05) is 13.0 Å². The largest absolute Gasteiger partial charge is 0.463 e. The van der Waals surface area contributed by atoms with Crippen LogP contribution in [0.1, 0.15) is 46.0 Å². The number of hydrogen-bond donors (Lipinski definition) is 0. The summed E-state index contributed by atoms with van der Waals surface area (Å²) in [6, 6.07) is 0. The molecule has 0 amide bonds. The Balaban J connectivity index is 3.83. The molecule has 0 bridgehead atoms. The maximum atomic E-state index is 11.4. The van der Waals surface area contributed by atoms with Gasteiger partial charge in [0.25, 0.3) is 0 Å². The van der Waals surface area contributed by atoms with Crippen LogP contribution in [0.4, 0.5) is 0 Å². The van der Waals surface area contributed by atoms with E-state index in [-0.39, 0.29) is 5.97 Å². The molecule has 0 radical (unpaired) electrons. The summed E-state index contributed by atoms with van der Waals surface area (Å²) in [5, 5.41) is 0.583. The zero-order valence-electron chi connectivity index (χ0n) is 9.72. The molecule has 0 aromatic heterocycles. The highest BCUT2D eigenvalue weighted by atomic mass is 79.9. The van der Waals surface area contributed by atoms with E-state index < -0.39 is 0 Å². The Morgan fingerprint density at radius 3 is 2.53 bits per heavy atom. The molecule has 0 rings (SSSR count). The number of rotatable bonds is 8. The Hall–Kier alpha value is -0.310. The summed E-state index contributed by atoms with van der Waals surface area (Å²) in [6.45, 7) is 4.46. The molecule has 0 saturated heterocycles. The lowest BCUT2D eigenvalue weighted by Gasteiger charge is -2.03. The van der Waals surface area contributed by atoms with Gasteiger partial charge in [0.1, 0.15) is 0 Å². The van der Waals surface area contributed by atoms with Crippen LogP contribution in [0.2, 0.25) is 0 Å². The Kier molecular flexibility index (Phi) is 10.0. The molecule has 0 N–H and O–H groups in total. The van der Waals surface area contributed by atoms with Crippen LogP contribution in [0.5, 0.6) is 0 Å². The second kappa shape index (κ2) is 10.2. The third kappa shape index (κ3) is 7.60. The van der Waals surface area contributed by atoms with E-state index in [9.17, 15) is 4.79 Å². The molecule has 0 aliphatic heterocycles. The minimum absolute atomic E-state index is 0.190. The van der Waals surface area contributed by atoms with Gasteiger partial charge in [-0.15, -0.1) is 0 Å². The van der Waals surface area contributed by atoms with Gasteiger partial charge < -0.3 is 4.74 Å². The van der Waals surface area contributed by atoms with Crippen LogP contribution < -0.4 is 0 Å². The molecule has 0 atom stereocenters. The Bertz CT molecular complexity index is 200. The van der Waals surface area contributed by atoms with Gasteiger partial charge in [-0.2, -0.15) is 0 Å². The van der Waals surface area contributed by atoms with Gasteiger partial charge >= 0.3 is 5.97 Å². The smallest absolute Gasteiger partial charge is 0.334 e. The first-order chi connectivity index (χ1) is 7.26. The predicted octanol–water partition coefficient (Wildman–Crippen LogP) is 3.84. The van der Waals surface area contributed by atoms with Crippen molar-refractivity contribution < 1.29 is 9.53 Å². The maximum Gasteiger partial charge on any atom is 0.334 e. The third-order valence-electron chi connectivity index (χ3n) is 2.13. The number of carbonyl (C=O) groups excluding carboxylic acids is 1. The van der Waals surface area contributed by atoms with E-state index in [0.29, 0.717) is 11.9 Å². The molecule has 2 nitrogen and oxygen atoms in total. The zero-order valence-corrected chi connectivity index (χ0v) is 11.3. The van der Waals surface area contributed by atoms with Crippen LogP contribution in [-0.4, -0.2) is 17.9 Å². The molecule has 0 heterocycles. The van der Waals surface area contributed by atoms with Crippen molar-refractivity contribution >= 4 is 21.9 Å². The minimum atomic E-state index is -0.190. The number of hydrogen-bond acceptors (Lipinski definition) is 2. The molecule has 0 fully saturated rings. The van der Waals surface area contributed by atoms with Gasteiger partial charge in [-0.05, 0) is 19.8 Å². The summed E-state index contributed by atoms with van der Waals surface area (Å²) in [5.74, 6) is -0.190. The Morgan fingerprint density at radius 1 is 1.27 bits per heavy atom. The van der Waals surface area contributed by atoms with Crippen LogP contribution in [0, 0.1) is 0 Å². The van der Waals surface area contributed by atoms with E-state index in [1.54, 1.807) is 0 Å². The van der Waals surface area contributed by atoms with Crippen molar-refractivity contribution in [3.63, 3.8) is 0 Å². The molecule has 0 aromatic rings. The van der Waals surface area contributed by atoms with E-state index in [0.717, 1.165) is 18.4 Å². The fourth-order valence-electron chi connectivity index (χ4n) is 1.26. The molecule has 3 heteroatoms. The van der Waals surface area contributed by atoms with Crippen LogP contribution >= 0.6 is 15.9 Å². The average molecular weight is 277 g/mol. The summed E-state index contributed by atoms with van der Waals surface area (Å²) in [6.07, 6.45) is 7.88. The summed E-state index contributed by atoms with van der Waals surface area (Å²) < 4.78 is 4.94. The average Bonchev–Trinajstić information content (AvgIpc) is 2.23. The van der Waals surface area contributed by atoms with Crippen LogP contribution in [0.15, 0.2) is 11.6 Å². The van der Waals surface area contributed by atoms with Gasteiger partial charge in [-0.3, -0.25) is 0 Å². The molecule has 0 aliphatic carbocycles.